The number of nitrogens with zero attached hydrogens (tertiary/aromatic N) is 2. The minimum Gasteiger partial charge on any atom is -0.351 e. The Morgan fingerprint density at radius 2 is 1.96 bits per heavy atom. The van der Waals surface area contributed by atoms with Crippen molar-refractivity contribution in [2.45, 2.75) is 34.1 Å². The lowest BCUT2D eigenvalue weighted by Gasteiger charge is -2.11. The predicted octanol–water partition coefficient (Wildman–Crippen LogP) is 4.38. The number of rotatable bonds is 6. The predicted molar refractivity (Wildman–Crippen MR) is 101 cm³/mol. The first kappa shape index (κ1) is 18.4. The van der Waals surface area contributed by atoms with Crippen molar-refractivity contribution in [1.29, 1.82) is 0 Å². The molecule has 2 N–H and O–H groups in total. The lowest BCUT2D eigenvalue weighted by atomic mass is 10.1. The van der Waals surface area contributed by atoms with Crippen molar-refractivity contribution >= 4 is 33.3 Å². The summed E-state index contributed by atoms with van der Waals surface area (Å²) in [6.45, 7) is 8.71. The van der Waals surface area contributed by atoms with Gasteiger partial charge in [0, 0.05) is 22.8 Å². The first-order valence-electron chi connectivity index (χ1n) is 8.02. The van der Waals surface area contributed by atoms with E-state index in [9.17, 15) is 4.79 Å². The van der Waals surface area contributed by atoms with E-state index in [-0.39, 0.29) is 5.91 Å². The number of carbonyl (C=O) groups excluding carboxylic acids is 1. The van der Waals surface area contributed by atoms with Gasteiger partial charge >= 0.3 is 0 Å². The molecule has 0 fully saturated rings. The molecule has 24 heavy (non-hydrogen) atoms. The van der Waals surface area contributed by atoms with Crippen molar-refractivity contribution in [3.63, 3.8) is 0 Å². The van der Waals surface area contributed by atoms with Crippen LogP contribution >= 0.6 is 15.9 Å². The number of halogens is 1. The van der Waals surface area contributed by atoms with Crippen molar-refractivity contribution in [3.05, 3.63) is 45.8 Å². The maximum atomic E-state index is 12.2. The summed E-state index contributed by atoms with van der Waals surface area (Å²) in [5.74, 6) is 1.55. The lowest BCUT2D eigenvalue weighted by molar-refractivity contribution is 0.0946. The van der Waals surface area contributed by atoms with Crippen LogP contribution in [0.5, 0.6) is 0 Å². The SMILES string of the molecule is Cc1nc(Nc2ccc(Br)c(C)c2)cc(C(=O)NCCC(C)C)n1. The van der Waals surface area contributed by atoms with Gasteiger partial charge < -0.3 is 10.6 Å². The number of amides is 1. The molecule has 5 nitrogen and oxygen atoms in total. The summed E-state index contributed by atoms with van der Waals surface area (Å²) in [7, 11) is 0. The summed E-state index contributed by atoms with van der Waals surface area (Å²) in [6, 6.07) is 7.63. The van der Waals surface area contributed by atoms with Crippen molar-refractivity contribution in [1.82, 2.24) is 15.3 Å². The third-order valence-electron chi connectivity index (χ3n) is 3.51. The fraction of sp³-hybridized carbons (Fsp3) is 0.389. The Kier molecular flexibility index (Phi) is 6.31. The highest BCUT2D eigenvalue weighted by atomic mass is 79.9. The second-order valence-electron chi connectivity index (χ2n) is 6.21. The van der Waals surface area contributed by atoms with E-state index >= 15 is 0 Å². The van der Waals surface area contributed by atoms with E-state index in [0.29, 0.717) is 29.8 Å². The smallest absolute Gasteiger partial charge is 0.270 e. The van der Waals surface area contributed by atoms with E-state index in [4.69, 9.17) is 0 Å². The van der Waals surface area contributed by atoms with E-state index in [1.54, 1.807) is 13.0 Å². The van der Waals surface area contributed by atoms with Crippen LogP contribution in [-0.4, -0.2) is 22.4 Å². The summed E-state index contributed by atoms with van der Waals surface area (Å²) in [4.78, 5) is 20.8. The Bertz CT molecular complexity index is 731. The second kappa shape index (κ2) is 8.24. The van der Waals surface area contributed by atoms with Crippen LogP contribution in [0.1, 0.15) is 42.1 Å². The minimum absolute atomic E-state index is 0.170. The van der Waals surface area contributed by atoms with Crippen LogP contribution in [0.15, 0.2) is 28.7 Å². The zero-order chi connectivity index (χ0) is 17.7. The van der Waals surface area contributed by atoms with Gasteiger partial charge in [0.25, 0.3) is 5.91 Å². The highest BCUT2D eigenvalue weighted by Gasteiger charge is 2.11. The van der Waals surface area contributed by atoms with Crippen molar-refractivity contribution in [2.75, 3.05) is 11.9 Å². The Morgan fingerprint density at radius 1 is 1.21 bits per heavy atom. The molecular formula is C18H23BrN4O. The number of benzene rings is 1. The molecule has 0 spiro atoms. The molecule has 2 rings (SSSR count). The standard InChI is InChI=1S/C18H23BrN4O/c1-11(2)7-8-20-18(24)16-10-17(22-13(4)21-16)23-14-5-6-15(19)12(3)9-14/h5-6,9-11H,7-8H2,1-4H3,(H,20,24)(H,21,22,23). The molecule has 0 aliphatic heterocycles. The molecule has 0 radical (unpaired) electrons. The molecule has 0 aliphatic rings. The summed E-state index contributed by atoms with van der Waals surface area (Å²) in [5.41, 5.74) is 2.42. The van der Waals surface area contributed by atoms with Crippen LogP contribution in [0.3, 0.4) is 0 Å². The molecule has 0 unspecified atom stereocenters. The van der Waals surface area contributed by atoms with Gasteiger partial charge in [-0.1, -0.05) is 29.8 Å². The first-order valence-corrected chi connectivity index (χ1v) is 8.81. The second-order valence-corrected chi connectivity index (χ2v) is 7.07. The third-order valence-corrected chi connectivity index (χ3v) is 4.40. The average molecular weight is 391 g/mol. The van der Waals surface area contributed by atoms with E-state index in [2.05, 4.69) is 50.4 Å². The van der Waals surface area contributed by atoms with Crippen LogP contribution in [0, 0.1) is 19.8 Å². The van der Waals surface area contributed by atoms with Gasteiger partial charge in [0.1, 0.15) is 17.3 Å². The van der Waals surface area contributed by atoms with E-state index in [1.165, 1.54) is 0 Å². The molecule has 1 aromatic carbocycles. The number of carbonyl (C=O) groups is 1. The summed E-state index contributed by atoms with van der Waals surface area (Å²) in [6.07, 6.45) is 0.944. The van der Waals surface area contributed by atoms with Gasteiger partial charge in [-0.05, 0) is 49.9 Å². The van der Waals surface area contributed by atoms with Crippen molar-refractivity contribution < 1.29 is 4.79 Å². The Hall–Kier alpha value is -1.95. The monoisotopic (exact) mass is 390 g/mol. The Balaban J connectivity index is 2.12. The molecule has 0 saturated carbocycles. The van der Waals surface area contributed by atoms with Crippen molar-refractivity contribution in [2.24, 2.45) is 5.92 Å². The lowest BCUT2D eigenvalue weighted by Crippen LogP contribution is -2.26. The molecule has 1 aromatic heterocycles. The maximum Gasteiger partial charge on any atom is 0.270 e. The van der Waals surface area contributed by atoms with Gasteiger partial charge in [0.05, 0.1) is 0 Å². The summed E-state index contributed by atoms with van der Waals surface area (Å²) < 4.78 is 1.05. The fourth-order valence-electron chi connectivity index (χ4n) is 2.18. The molecule has 0 bridgehead atoms. The van der Waals surface area contributed by atoms with E-state index in [0.717, 1.165) is 22.1 Å². The van der Waals surface area contributed by atoms with Gasteiger partial charge in [-0.3, -0.25) is 4.79 Å². The molecule has 2 aromatic rings. The molecule has 6 heteroatoms. The van der Waals surface area contributed by atoms with Gasteiger partial charge in [-0.2, -0.15) is 0 Å². The Labute approximate surface area is 151 Å². The normalized spacial score (nSPS) is 10.8. The van der Waals surface area contributed by atoms with E-state index in [1.807, 2.05) is 25.1 Å². The topological polar surface area (TPSA) is 66.9 Å². The van der Waals surface area contributed by atoms with Gasteiger partial charge in [0.2, 0.25) is 0 Å². The molecule has 0 atom stereocenters. The van der Waals surface area contributed by atoms with Crippen LogP contribution < -0.4 is 10.6 Å². The van der Waals surface area contributed by atoms with Gasteiger partial charge in [0.15, 0.2) is 0 Å². The maximum absolute atomic E-state index is 12.2. The number of nitrogens with one attached hydrogen (secondary N) is 2. The highest BCUT2D eigenvalue weighted by Crippen LogP contribution is 2.22. The van der Waals surface area contributed by atoms with Crippen LogP contribution in [0.25, 0.3) is 0 Å². The number of hydrogen-bond acceptors (Lipinski definition) is 4. The average Bonchev–Trinajstić information content (AvgIpc) is 2.50. The molecule has 0 aliphatic carbocycles. The zero-order valence-electron chi connectivity index (χ0n) is 14.5. The molecule has 1 amide bonds. The zero-order valence-corrected chi connectivity index (χ0v) is 16.1. The van der Waals surface area contributed by atoms with E-state index < -0.39 is 0 Å². The molecular weight excluding hydrogens is 368 g/mol. The Morgan fingerprint density at radius 3 is 2.62 bits per heavy atom. The number of aromatic nitrogens is 2. The van der Waals surface area contributed by atoms with Crippen LogP contribution in [0.4, 0.5) is 11.5 Å². The third kappa shape index (κ3) is 5.30. The van der Waals surface area contributed by atoms with Crippen LogP contribution in [0.2, 0.25) is 0 Å². The van der Waals surface area contributed by atoms with Gasteiger partial charge in [-0.15, -0.1) is 0 Å². The summed E-state index contributed by atoms with van der Waals surface area (Å²) >= 11 is 3.48. The first-order chi connectivity index (χ1) is 11.3. The molecule has 1 heterocycles. The molecule has 128 valence electrons. The summed E-state index contributed by atoms with van der Waals surface area (Å²) in [5, 5.41) is 6.13. The quantitative estimate of drug-likeness (QED) is 0.767. The highest BCUT2D eigenvalue weighted by molar-refractivity contribution is 9.10. The van der Waals surface area contributed by atoms with Gasteiger partial charge in [-0.25, -0.2) is 9.97 Å². The number of anilines is 2. The molecule has 0 saturated heterocycles. The fourth-order valence-corrected chi connectivity index (χ4v) is 2.43. The van der Waals surface area contributed by atoms with Crippen LogP contribution in [-0.2, 0) is 0 Å². The number of hydrogen-bond donors (Lipinski definition) is 2. The van der Waals surface area contributed by atoms with Crippen molar-refractivity contribution in [3.8, 4) is 0 Å². The minimum atomic E-state index is -0.170. The largest absolute Gasteiger partial charge is 0.351 e. The number of aryl methyl sites for hydroxylation is 2.